The third kappa shape index (κ3) is 1.89. The molecule has 1 rings (SSSR count). The van der Waals surface area contributed by atoms with Crippen molar-refractivity contribution in [1.29, 1.82) is 0 Å². The van der Waals surface area contributed by atoms with Crippen molar-refractivity contribution < 1.29 is 15.0 Å². The number of aliphatic carboxylic acids is 1. The average molecular weight is 200 g/mol. The topological polar surface area (TPSA) is 57.5 Å². The van der Waals surface area contributed by atoms with Crippen LogP contribution in [-0.2, 0) is 10.2 Å². The monoisotopic (exact) mass is 200 g/mol. The Labute approximate surface area is 80.6 Å². The van der Waals surface area contributed by atoms with E-state index in [1.54, 1.807) is 13.0 Å². The summed E-state index contributed by atoms with van der Waals surface area (Å²) in [6.07, 6.45) is 0.253. The fourth-order valence-corrected chi connectivity index (χ4v) is 2.06. The first-order valence-corrected chi connectivity index (χ1v) is 4.87. The molecular formula is C9H12O3S. The number of hydrogen-bond donors (Lipinski definition) is 2. The number of aliphatic hydroxyl groups is 1. The molecular weight excluding hydrogens is 188 g/mol. The molecule has 4 heteroatoms. The van der Waals surface area contributed by atoms with Crippen LogP contribution in [0, 0.1) is 0 Å². The number of thiophene rings is 1. The van der Waals surface area contributed by atoms with Gasteiger partial charge in [0.1, 0.15) is 5.41 Å². The number of carboxylic acid groups (broad SMARTS) is 1. The molecule has 0 aliphatic rings. The van der Waals surface area contributed by atoms with Crippen LogP contribution in [0.4, 0.5) is 0 Å². The van der Waals surface area contributed by atoms with Crippen molar-refractivity contribution >= 4 is 17.3 Å². The lowest BCUT2D eigenvalue weighted by atomic mass is 9.85. The van der Waals surface area contributed by atoms with Crippen LogP contribution in [0.1, 0.15) is 18.2 Å². The Morgan fingerprint density at radius 3 is 2.77 bits per heavy atom. The molecule has 2 N–H and O–H groups in total. The lowest BCUT2D eigenvalue weighted by Crippen LogP contribution is -2.32. The SMILES string of the molecule is CC(CCO)(C(=O)O)c1cccs1. The van der Waals surface area contributed by atoms with Gasteiger partial charge in [0, 0.05) is 11.5 Å². The van der Waals surface area contributed by atoms with Gasteiger partial charge in [-0.15, -0.1) is 11.3 Å². The molecule has 0 bridgehead atoms. The smallest absolute Gasteiger partial charge is 0.314 e. The van der Waals surface area contributed by atoms with Gasteiger partial charge in [-0.1, -0.05) is 6.07 Å². The summed E-state index contributed by atoms with van der Waals surface area (Å²) in [6, 6.07) is 3.60. The second kappa shape index (κ2) is 3.89. The van der Waals surface area contributed by atoms with E-state index in [1.807, 2.05) is 11.4 Å². The largest absolute Gasteiger partial charge is 0.481 e. The Morgan fingerprint density at radius 2 is 2.38 bits per heavy atom. The highest BCUT2D eigenvalue weighted by Crippen LogP contribution is 2.31. The minimum absolute atomic E-state index is 0.110. The molecule has 1 aromatic heterocycles. The van der Waals surface area contributed by atoms with Crippen LogP contribution in [0.25, 0.3) is 0 Å². The van der Waals surface area contributed by atoms with Crippen LogP contribution >= 0.6 is 11.3 Å². The molecule has 0 saturated carbocycles. The van der Waals surface area contributed by atoms with E-state index in [0.717, 1.165) is 4.88 Å². The maximum atomic E-state index is 11.0. The summed E-state index contributed by atoms with van der Waals surface area (Å²) in [7, 11) is 0. The zero-order valence-electron chi connectivity index (χ0n) is 7.36. The summed E-state index contributed by atoms with van der Waals surface area (Å²) in [5.74, 6) is -0.885. The summed E-state index contributed by atoms with van der Waals surface area (Å²) >= 11 is 1.41. The fourth-order valence-electron chi connectivity index (χ4n) is 1.15. The lowest BCUT2D eigenvalue weighted by molar-refractivity contribution is -0.143. The number of carbonyl (C=O) groups is 1. The minimum atomic E-state index is -0.942. The van der Waals surface area contributed by atoms with E-state index in [0.29, 0.717) is 0 Å². The predicted octanol–water partition coefficient (Wildman–Crippen LogP) is 1.47. The molecule has 0 amide bonds. The van der Waals surface area contributed by atoms with Crippen LogP contribution in [-0.4, -0.2) is 22.8 Å². The van der Waals surface area contributed by atoms with Crippen molar-refractivity contribution in [3.63, 3.8) is 0 Å². The molecule has 1 aromatic rings. The van der Waals surface area contributed by atoms with E-state index >= 15 is 0 Å². The van der Waals surface area contributed by atoms with Gasteiger partial charge in [-0.05, 0) is 24.8 Å². The van der Waals surface area contributed by atoms with Crippen molar-refractivity contribution in [3.8, 4) is 0 Å². The molecule has 0 radical (unpaired) electrons. The zero-order valence-corrected chi connectivity index (χ0v) is 8.17. The number of hydrogen-bond acceptors (Lipinski definition) is 3. The Hall–Kier alpha value is -0.870. The Kier molecular flexibility index (Phi) is 3.06. The van der Waals surface area contributed by atoms with Gasteiger partial charge in [0.15, 0.2) is 0 Å². The lowest BCUT2D eigenvalue weighted by Gasteiger charge is -2.21. The van der Waals surface area contributed by atoms with Crippen molar-refractivity contribution in [2.24, 2.45) is 0 Å². The molecule has 1 atom stereocenters. The Bertz CT molecular complexity index is 281. The molecule has 0 fully saturated rings. The Morgan fingerprint density at radius 1 is 1.69 bits per heavy atom. The third-order valence-electron chi connectivity index (χ3n) is 2.15. The van der Waals surface area contributed by atoms with Gasteiger partial charge in [0.2, 0.25) is 0 Å². The first kappa shape index (κ1) is 10.2. The summed E-state index contributed by atoms with van der Waals surface area (Å²) in [5, 5.41) is 19.7. The maximum absolute atomic E-state index is 11.0. The zero-order chi connectivity index (χ0) is 9.90. The summed E-state index contributed by atoms with van der Waals surface area (Å²) in [5.41, 5.74) is -0.942. The standard InChI is InChI=1S/C9H12O3S/c1-9(4-5-10,8(11)12)7-3-2-6-13-7/h2-3,6,10H,4-5H2,1H3,(H,11,12). The van der Waals surface area contributed by atoms with E-state index < -0.39 is 11.4 Å². The quantitative estimate of drug-likeness (QED) is 0.773. The molecule has 1 unspecified atom stereocenters. The van der Waals surface area contributed by atoms with Gasteiger partial charge in [-0.3, -0.25) is 4.79 Å². The van der Waals surface area contributed by atoms with Gasteiger partial charge < -0.3 is 10.2 Å². The normalized spacial score (nSPS) is 15.2. The molecule has 13 heavy (non-hydrogen) atoms. The predicted molar refractivity (Wildman–Crippen MR) is 51.0 cm³/mol. The summed E-state index contributed by atoms with van der Waals surface area (Å²) < 4.78 is 0. The van der Waals surface area contributed by atoms with Crippen LogP contribution in [0.2, 0.25) is 0 Å². The van der Waals surface area contributed by atoms with Crippen LogP contribution in [0.5, 0.6) is 0 Å². The molecule has 0 aliphatic heterocycles. The van der Waals surface area contributed by atoms with Crippen LogP contribution in [0.15, 0.2) is 17.5 Å². The van der Waals surface area contributed by atoms with Crippen molar-refractivity contribution in [2.45, 2.75) is 18.8 Å². The number of aliphatic hydroxyl groups excluding tert-OH is 1. The second-order valence-corrected chi connectivity index (χ2v) is 4.04. The fraction of sp³-hybridized carbons (Fsp3) is 0.444. The van der Waals surface area contributed by atoms with E-state index in [4.69, 9.17) is 10.2 Å². The third-order valence-corrected chi connectivity index (χ3v) is 3.28. The summed E-state index contributed by atoms with van der Waals surface area (Å²) in [6.45, 7) is 1.53. The van der Waals surface area contributed by atoms with Crippen LogP contribution in [0.3, 0.4) is 0 Å². The van der Waals surface area contributed by atoms with Gasteiger partial charge in [0.25, 0.3) is 0 Å². The Balaban J connectivity index is 2.98. The average Bonchev–Trinajstić information content (AvgIpc) is 2.56. The van der Waals surface area contributed by atoms with Crippen LogP contribution < -0.4 is 0 Å². The molecule has 0 spiro atoms. The van der Waals surface area contributed by atoms with E-state index in [-0.39, 0.29) is 13.0 Å². The van der Waals surface area contributed by atoms with Gasteiger partial charge in [0.05, 0.1) is 0 Å². The van der Waals surface area contributed by atoms with E-state index in [2.05, 4.69) is 0 Å². The molecule has 0 aromatic carbocycles. The highest BCUT2D eigenvalue weighted by atomic mass is 32.1. The van der Waals surface area contributed by atoms with Crippen molar-refractivity contribution in [1.82, 2.24) is 0 Å². The molecule has 0 saturated heterocycles. The molecule has 3 nitrogen and oxygen atoms in total. The first-order chi connectivity index (χ1) is 6.11. The highest BCUT2D eigenvalue weighted by Gasteiger charge is 2.35. The van der Waals surface area contributed by atoms with Gasteiger partial charge >= 0.3 is 5.97 Å². The van der Waals surface area contributed by atoms with Gasteiger partial charge in [-0.25, -0.2) is 0 Å². The van der Waals surface area contributed by atoms with Crippen molar-refractivity contribution in [2.75, 3.05) is 6.61 Å². The molecule has 1 heterocycles. The minimum Gasteiger partial charge on any atom is -0.481 e. The van der Waals surface area contributed by atoms with Crippen molar-refractivity contribution in [3.05, 3.63) is 22.4 Å². The van der Waals surface area contributed by atoms with E-state index in [1.165, 1.54) is 11.3 Å². The molecule has 0 aliphatic carbocycles. The number of carboxylic acids is 1. The molecule has 72 valence electrons. The number of rotatable bonds is 4. The maximum Gasteiger partial charge on any atom is 0.314 e. The van der Waals surface area contributed by atoms with Gasteiger partial charge in [-0.2, -0.15) is 0 Å². The second-order valence-electron chi connectivity index (χ2n) is 3.09. The van der Waals surface area contributed by atoms with E-state index in [9.17, 15) is 4.79 Å². The highest BCUT2D eigenvalue weighted by molar-refractivity contribution is 7.10. The summed E-state index contributed by atoms with van der Waals surface area (Å²) in [4.78, 5) is 11.8. The first-order valence-electron chi connectivity index (χ1n) is 3.99.